The highest BCUT2D eigenvalue weighted by atomic mass is 35.5. The first-order chi connectivity index (χ1) is 13.5. The fourth-order valence-corrected chi connectivity index (χ4v) is 4.00. The first-order valence-corrected chi connectivity index (χ1v) is 10.2. The molecular weight excluding hydrogens is 378 g/mol. The molecule has 2 aliphatic heterocycles. The molecule has 28 heavy (non-hydrogen) atoms. The van der Waals surface area contributed by atoms with Crippen LogP contribution in [0.4, 0.5) is 5.69 Å². The van der Waals surface area contributed by atoms with Crippen LogP contribution in [-0.2, 0) is 9.59 Å². The molecule has 2 saturated heterocycles. The molecule has 7 heteroatoms. The van der Waals surface area contributed by atoms with Gasteiger partial charge in [0.1, 0.15) is 0 Å². The lowest BCUT2D eigenvalue weighted by Crippen LogP contribution is -2.43. The van der Waals surface area contributed by atoms with Gasteiger partial charge in [0.05, 0.1) is 17.2 Å². The maximum absolute atomic E-state index is 12.9. The maximum Gasteiger partial charge on any atom is 0.255 e. The third-order valence-corrected chi connectivity index (χ3v) is 5.63. The Morgan fingerprint density at radius 2 is 1.79 bits per heavy atom. The summed E-state index contributed by atoms with van der Waals surface area (Å²) in [6, 6.07) is 4.95. The summed E-state index contributed by atoms with van der Waals surface area (Å²) in [6.07, 6.45) is 5.85. The number of halogens is 1. The van der Waals surface area contributed by atoms with E-state index in [1.165, 1.54) is 6.08 Å². The standard InChI is InChI=1S/C21H26ClN3O3/c1-2-19(26)25-12-6-7-15(14-25)20(27)23-18-13-16(22)8-9-17(18)21(28)24-10-4-3-5-11-24/h2,8-9,13,15H,1,3-7,10-12,14H2,(H,23,27). The van der Waals surface area contributed by atoms with E-state index in [-0.39, 0.29) is 23.6 Å². The number of likely N-dealkylation sites (tertiary alicyclic amines) is 2. The number of carbonyl (C=O) groups excluding carboxylic acids is 3. The zero-order valence-corrected chi connectivity index (χ0v) is 16.7. The predicted octanol–water partition coefficient (Wildman–Crippen LogP) is 3.33. The Bertz CT molecular complexity index is 774. The summed E-state index contributed by atoms with van der Waals surface area (Å²) in [6.45, 7) is 5.96. The molecule has 2 fully saturated rings. The molecule has 0 aromatic heterocycles. The van der Waals surface area contributed by atoms with Crippen LogP contribution in [-0.4, -0.2) is 53.7 Å². The fourth-order valence-electron chi connectivity index (χ4n) is 3.83. The molecule has 1 N–H and O–H groups in total. The van der Waals surface area contributed by atoms with Gasteiger partial charge >= 0.3 is 0 Å². The largest absolute Gasteiger partial charge is 0.339 e. The first kappa shape index (κ1) is 20.4. The molecule has 0 spiro atoms. The van der Waals surface area contributed by atoms with Crippen LogP contribution in [0.3, 0.4) is 0 Å². The molecule has 2 aliphatic rings. The quantitative estimate of drug-likeness (QED) is 0.784. The van der Waals surface area contributed by atoms with E-state index in [1.807, 2.05) is 4.90 Å². The van der Waals surface area contributed by atoms with E-state index in [9.17, 15) is 14.4 Å². The lowest BCUT2D eigenvalue weighted by atomic mass is 9.96. The summed E-state index contributed by atoms with van der Waals surface area (Å²) in [7, 11) is 0. The SMILES string of the molecule is C=CC(=O)N1CCCC(C(=O)Nc2cc(Cl)ccc2C(=O)N2CCCCC2)C1. The van der Waals surface area contributed by atoms with Crippen LogP contribution in [0.5, 0.6) is 0 Å². The molecule has 1 aromatic carbocycles. The number of carbonyl (C=O) groups is 3. The van der Waals surface area contributed by atoms with Gasteiger partial charge in [-0.2, -0.15) is 0 Å². The Morgan fingerprint density at radius 3 is 2.50 bits per heavy atom. The maximum atomic E-state index is 12.9. The lowest BCUT2D eigenvalue weighted by molar-refractivity contribution is -0.130. The molecule has 3 rings (SSSR count). The van der Waals surface area contributed by atoms with E-state index in [4.69, 9.17) is 11.6 Å². The van der Waals surface area contributed by atoms with Crippen LogP contribution < -0.4 is 5.32 Å². The Kier molecular flexibility index (Phi) is 6.73. The Balaban J connectivity index is 1.74. The molecule has 6 nitrogen and oxygen atoms in total. The molecule has 0 radical (unpaired) electrons. The highest BCUT2D eigenvalue weighted by molar-refractivity contribution is 6.31. The second kappa shape index (κ2) is 9.24. The predicted molar refractivity (Wildman–Crippen MR) is 109 cm³/mol. The van der Waals surface area contributed by atoms with Crippen LogP contribution in [0.1, 0.15) is 42.5 Å². The smallest absolute Gasteiger partial charge is 0.255 e. The highest BCUT2D eigenvalue weighted by Gasteiger charge is 2.29. The second-order valence-corrected chi connectivity index (χ2v) is 7.80. The van der Waals surface area contributed by atoms with Gasteiger partial charge in [0.2, 0.25) is 11.8 Å². The van der Waals surface area contributed by atoms with Crippen molar-refractivity contribution in [1.29, 1.82) is 0 Å². The zero-order chi connectivity index (χ0) is 20.1. The third kappa shape index (κ3) is 4.73. The van der Waals surface area contributed by atoms with Crippen molar-refractivity contribution in [2.24, 2.45) is 5.92 Å². The van der Waals surface area contributed by atoms with Gasteiger partial charge in [0.25, 0.3) is 5.91 Å². The first-order valence-electron chi connectivity index (χ1n) is 9.80. The minimum absolute atomic E-state index is 0.0845. The minimum atomic E-state index is -0.324. The number of nitrogens with one attached hydrogen (secondary N) is 1. The Labute approximate surface area is 170 Å². The van der Waals surface area contributed by atoms with Crippen molar-refractivity contribution in [3.63, 3.8) is 0 Å². The zero-order valence-electron chi connectivity index (χ0n) is 16.0. The summed E-state index contributed by atoms with van der Waals surface area (Å²) >= 11 is 6.12. The van der Waals surface area contributed by atoms with Crippen molar-refractivity contribution in [3.8, 4) is 0 Å². The van der Waals surface area contributed by atoms with E-state index in [2.05, 4.69) is 11.9 Å². The number of nitrogens with zero attached hydrogens (tertiary/aromatic N) is 2. The molecule has 3 amide bonds. The molecule has 150 valence electrons. The van der Waals surface area contributed by atoms with Crippen molar-refractivity contribution < 1.29 is 14.4 Å². The number of rotatable bonds is 4. The van der Waals surface area contributed by atoms with Gasteiger partial charge in [-0.3, -0.25) is 14.4 Å². The van der Waals surface area contributed by atoms with Gasteiger partial charge < -0.3 is 15.1 Å². The van der Waals surface area contributed by atoms with Gasteiger partial charge in [-0.15, -0.1) is 0 Å². The van der Waals surface area contributed by atoms with Crippen LogP contribution in [0.25, 0.3) is 0 Å². The number of hydrogen-bond acceptors (Lipinski definition) is 3. The lowest BCUT2D eigenvalue weighted by Gasteiger charge is -2.31. The molecular formula is C21H26ClN3O3. The average molecular weight is 404 g/mol. The molecule has 1 aromatic rings. The summed E-state index contributed by atoms with van der Waals surface area (Å²) in [5, 5.41) is 3.34. The molecule has 0 bridgehead atoms. The van der Waals surface area contributed by atoms with Gasteiger partial charge in [0.15, 0.2) is 0 Å². The fraction of sp³-hybridized carbons (Fsp3) is 0.476. The van der Waals surface area contributed by atoms with Crippen molar-refractivity contribution in [3.05, 3.63) is 41.4 Å². The number of piperidine rings is 2. The van der Waals surface area contributed by atoms with Gasteiger partial charge in [0, 0.05) is 31.2 Å². The molecule has 2 heterocycles. The topological polar surface area (TPSA) is 69.7 Å². The van der Waals surface area contributed by atoms with Crippen LogP contribution >= 0.6 is 11.6 Å². The van der Waals surface area contributed by atoms with Crippen molar-refractivity contribution in [2.75, 3.05) is 31.5 Å². The van der Waals surface area contributed by atoms with E-state index < -0.39 is 0 Å². The Hall–Kier alpha value is -2.34. The van der Waals surface area contributed by atoms with Crippen LogP contribution in [0, 0.1) is 5.92 Å². The number of anilines is 1. The molecule has 1 unspecified atom stereocenters. The third-order valence-electron chi connectivity index (χ3n) is 5.39. The minimum Gasteiger partial charge on any atom is -0.339 e. The van der Waals surface area contributed by atoms with Gasteiger partial charge in [-0.25, -0.2) is 0 Å². The summed E-state index contributed by atoms with van der Waals surface area (Å²) < 4.78 is 0. The summed E-state index contributed by atoms with van der Waals surface area (Å²) in [5.74, 6) is -0.772. The molecule has 1 atom stereocenters. The monoisotopic (exact) mass is 403 g/mol. The highest BCUT2D eigenvalue weighted by Crippen LogP contribution is 2.26. The molecule has 0 saturated carbocycles. The van der Waals surface area contributed by atoms with E-state index in [0.717, 1.165) is 38.8 Å². The van der Waals surface area contributed by atoms with Crippen LogP contribution in [0.2, 0.25) is 5.02 Å². The summed E-state index contributed by atoms with van der Waals surface area (Å²) in [4.78, 5) is 41.1. The number of amides is 3. The second-order valence-electron chi connectivity index (χ2n) is 7.36. The van der Waals surface area contributed by atoms with Gasteiger partial charge in [-0.05, 0) is 56.4 Å². The van der Waals surface area contributed by atoms with Crippen molar-refractivity contribution in [1.82, 2.24) is 9.80 Å². The average Bonchev–Trinajstić information content (AvgIpc) is 2.73. The van der Waals surface area contributed by atoms with Crippen molar-refractivity contribution in [2.45, 2.75) is 32.1 Å². The van der Waals surface area contributed by atoms with E-state index in [0.29, 0.717) is 35.8 Å². The van der Waals surface area contributed by atoms with E-state index >= 15 is 0 Å². The molecule has 0 aliphatic carbocycles. The van der Waals surface area contributed by atoms with Crippen molar-refractivity contribution >= 4 is 35.0 Å². The Morgan fingerprint density at radius 1 is 1.07 bits per heavy atom. The van der Waals surface area contributed by atoms with Crippen LogP contribution in [0.15, 0.2) is 30.9 Å². The van der Waals surface area contributed by atoms with Gasteiger partial charge in [-0.1, -0.05) is 18.2 Å². The number of benzene rings is 1. The summed E-state index contributed by atoms with van der Waals surface area (Å²) in [5.41, 5.74) is 0.884. The normalized spacial score (nSPS) is 19.8. The van der Waals surface area contributed by atoms with E-state index in [1.54, 1.807) is 23.1 Å². The number of hydrogen-bond donors (Lipinski definition) is 1.